The number of rotatable bonds is 9. The van der Waals surface area contributed by atoms with Crippen LogP contribution >= 0.6 is 0 Å². The molecule has 4 aromatic rings. The third kappa shape index (κ3) is 5.28. The molecule has 37 heavy (non-hydrogen) atoms. The maximum atomic E-state index is 14.4. The number of anilines is 1. The average Bonchev–Trinajstić information content (AvgIpc) is 3.52. The Morgan fingerprint density at radius 3 is 2.78 bits per heavy atom. The van der Waals surface area contributed by atoms with E-state index in [0.29, 0.717) is 5.56 Å². The Bertz CT molecular complexity index is 1360. The zero-order valence-corrected chi connectivity index (χ0v) is 21.0. The van der Waals surface area contributed by atoms with Gasteiger partial charge in [0.2, 0.25) is 0 Å². The molecule has 0 aromatic carbocycles. The molecule has 0 amide bonds. The van der Waals surface area contributed by atoms with Gasteiger partial charge < -0.3 is 20.3 Å². The van der Waals surface area contributed by atoms with Crippen LogP contribution < -0.4 is 10.1 Å². The zero-order valence-electron chi connectivity index (χ0n) is 21.0. The van der Waals surface area contributed by atoms with E-state index in [1.165, 1.54) is 0 Å². The normalized spacial score (nSPS) is 18.7. The molecule has 1 saturated carbocycles. The molecule has 1 aliphatic rings. The molecule has 11 heteroatoms. The zero-order chi connectivity index (χ0) is 25.9. The van der Waals surface area contributed by atoms with Crippen molar-refractivity contribution in [2.24, 2.45) is 0 Å². The largest absolute Gasteiger partial charge is 0.472 e. The third-order valence-corrected chi connectivity index (χ3v) is 6.78. The predicted octanol–water partition coefficient (Wildman–Crippen LogP) is 3.49. The van der Waals surface area contributed by atoms with Crippen molar-refractivity contribution >= 4 is 16.7 Å². The van der Waals surface area contributed by atoms with Crippen molar-refractivity contribution in [1.29, 1.82) is 0 Å². The van der Waals surface area contributed by atoms with E-state index in [-0.39, 0.29) is 31.2 Å². The van der Waals surface area contributed by atoms with Crippen molar-refractivity contribution in [2.45, 2.75) is 64.3 Å². The molecule has 0 saturated heterocycles. The number of halogens is 1. The van der Waals surface area contributed by atoms with Gasteiger partial charge in [0.15, 0.2) is 5.82 Å². The molecule has 0 aliphatic heterocycles. The van der Waals surface area contributed by atoms with Crippen LogP contribution in [-0.4, -0.2) is 65.1 Å². The van der Waals surface area contributed by atoms with Crippen LogP contribution in [0.3, 0.4) is 0 Å². The number of aliphatic hydroxyl groups is 2. The summed E-state index contributed by atoms with van der Waals surface area (Å²) in [5, 5.41) is 32.4. The molecule has 0 radical (unpaired) electrons. The number of pyridine rings is 2. The number of aromatic nitrogens is 6. The first-order chi connectivity index (χ1) is 18.0. The van der Waals surface area contributed by atoms with Crippen LogP contribution in [0.2, 0.25) is 0 Å². The minimum absolute atomic E-state index is 0.0694. The maximum absolute atomic E-state index is 14.4. The second-order valence-electron chi connectivity index (χ2n) is 9.49. The molecule has 196 valence electrons. The monoisotopic (exact) mass is 509 g/mol. The summed E-state index contributed by atoms with van der Waals surface area (Å²) in [5.41, 5.74) is 3.07. The molecule has 1 aliphatic carbocycles. The quantitative estimate of drug-likeness (QED) is 0.313. The van der Waals surface area contributed by atoms with E-state index in [1.807, 2.05) is 25.4 Å². The minimum Gasteiger partial charge on any atom is -0.472 e. The van der Waals surface area contributed by atoms with E-state index in [2.05, 4.69) is 25.1 Å². The van der Waals surface area contributed by atoms with Gasteiger partial charge in [-0.3, -0.25) is 9.36 Å². The summed E-state index contributed by atoms with van der Waals surface area (Å²) in [6.07, 6.45) is 9.12. The van der Waals surface area contributed by atoms with E-state index >= 15 is 0 Å². The average molecular weight is 510 g/mol. The number of nitrogens with zero attached hydrogens (tertiary/aromatic N) is 6. The Morgan fingerprint density at radius 1 is 1.22 bits per heavy atom. The first kappa shape index (κ1) is 25.1. The number of aliphatic hydroxyl groups excluding tert-OH is 2. The van der Waals surface area contributed by atoms with Crippen LogP contribution in [-0.2, 0) is 6.54 Å². The molecule has 0 spiro atoms. The smallest absolute Gasteiger partial charge is 0.250 e. The van der Waals surface area contributed by atoms with Gasteiger partial charge in [-0.2, -0.15) is 10.2 Å². The van der Waals surface area contributed by atoms with Crippen LogP contribution in [0.5, 0.6) is 5.88 Å². The van der Waals surface area contributed by atoms with Crippen LogP contribution in [0, 0.1) is 12.7 Å². The summed E-state index contributed by atoms with van der Waals surface area (Å²) >= 11 is 0. The fraction of sp³-hybridized carbons (Fsp3) is 0.462. The van der Waals surface area contributed by atoms with E-state index in [0.717, 1.165) is 60.2 Å². The number of hydrogen-bond donors (Lipinski definition) is 3. The van der Waals surface area contributed by atoms with Crippen molar-refractivity contribution < 1.29 is 19.3 Å². The van der Waals surface area contributed by atoms with E-state index < -0.39 is 11.9 Å². The Balaban J connectivity index is 1.40. The van der Waals surface area contributed by atoms with Crippen LogP contribution in [0.25, 0.3) is 22.2 Å². The Hall–Kier alpha value is -3.57. The second kappa shape index (κ2) is 10.8. The number of fused-ring (bicyclic) bond motifs is 1. The molecular formula is C26H32FN7O3. The van der Waals surface area contributed by atoms with E-state index in [4.69, 9.17) is 14.9 Å². The first-order valence-corrected chi connectivity index (χ1v) is 12.7. The standard InChI is InChI=1S/C26H32FN7O3/c1-3-28-23-10-22-21(12-30-23)25(17-11-31-33(13-17)14-19(36)15-35)32-34(22)18-4-6-20(7-5-18)37-26-24(27)16(2)8-9-29-26/h8-13,18-20,35-36H,3-7,14-15H2,1-2H3,(H,28,30)/t18-,19-,20+/m1/s1. The number of aryl methyl sites for hydroxylation is 1. The molecule has 4 aromatic heterocycles. The van der Waals surface area contributed by atoms with Gasteiger partial charge in [-0.1, -0.05) is 0 Å². The predicted molar refractivity (Wildman–Crippen MR) is 137 cm³/mol. The highest BCUT2D eigenvalue weighted by Crippen LogP contribution is 2.36. The van der Waals surface area contributed by atoms with Gasteiger partial charge in [0.25, 0.3) is 5.88 Å². The van der Waals surface area contributed by atoms with E-state index in [9.17, 15) is 9.50 Å². The maximum Gasteiger partial charge on any atom is 0.250 e. The topological polar surface area (TPSA) is 123 Å². The lowest BCUT2D eigenvalue weighted by atomic mass is 9.93. The van der Waals surface area contributed by atoms with E-state index in [1.54, 1.807) is 30.1 Å². The van der Waals surface area contributed by atoms with Crippen LogP contribution in [0.4, 0.5) is 10.2 Å². The van der Waals surface area contributed by atoms with Crippen LogP contribution in [0.1, 0.15) is 44.2 Å². The highest BCUT2D eigenvalue weighted by atomic mass is 19.1. The SMILES string of the molecule is CCNc1cc2c(cn1)c(-c1cnn(C[C@@H](O)CO)c1)nn2[C@H]1CC[C@@H](Oc2nccc(C)c2F)CC1. The molecule has 1 atom stereocenters. The lowest BCUT2D eigenvalue weighted by Crippen LogP contribution is -2.27. The summed E-state index contributed by atoms with van der Waals surface area (Å²) in [6, 6.07) is 3.80. The van der Waals surface area contributed by atoms with Gasteiger partial charge in [-0.05, 0) is 51.2 Å². The molecular weight excluding hydrogens is 477 g/mol. The summed E-state index contributed by atoms with van der Waals surface area (Å²) in [4.78, 5) is 8.63. The Labute approximate surface area is 214 Å². The minimum atomic E-state index is -0.882. The number of hydrogen-bond acceptors (Lipinski definition) is 8. The number of ether oxygens (including phenoxy) is 1. The van der Waals surface area contributed by atoms with Gasteiger partial charge in [0.1, 0.15) is 17.6 Å². The molecule has 0 bridgehead atoms. The fourth-order valence-corrected chi connectivity index (χ4v) is 4.82. The second-order valence-corrected chi connectivity index (χ2v) is 9.49. The summed E-state index contributed by atoms with van der Waals surface area (Å²) in [5.74, 6) is 0.449. The lowest BCUT2D eigenvalue weighted by molar-refractivity contribution is 0.0783. The summed E-state index contributed by atoms with van der Waals surface area (Å²) in [6.45, 7) is 4.35. The summed E-state index contributed by atoms with van der Waals surface area (Å²) < 4.78 is 24.0. The molecule has 4 heterocycles. The van der Waals surface area contributed by atoms with Crippen molar-refractivity contribution in [1.82, 2.24) is 29.5 Å². The number of nitrogens with one attached hydrogen (secondary N) is 1. The highest BCUT2D eigenvalue weighted by molar-refractivity contribution is 5.93. The molecule has 0 unspecified atom stereocenters. The van der Waals surface area contributed by atoms with Crippen molar-refractivity contribution in [3.05, 3.63) is 48.3 Å². The van der Waals surface area contributed by atoms with Gasteiger partial charge in [0.05, 0.1) is 37.0 Å². The summed E-state index contributed by atoms with van der Waals surface area (Å²) in [7, 11) is 0. The van der Waals surface area contributed by atoms with Crippen LogP contribution in [0.15, 0.2) is 36.9 Å². The van der Waals surface area contributed by atoms with Crippen molar-refractivity contribution in [3.63, 3.8) is 0 Å². The third-order valence-electron chi connectivity index (χ3n) is 6.78. The van der Waals surface area contributed by atoms with Gasteiger partial charge in [-0.15, -0.1) is 0 Å². The Morgan fingerprint density at radius 2 is 2.03 bits per heavy atom. The fourth-order valence-electron chi connectivity index (χ4n) is 4.82. The van der Waals surface area contributed by atoms with Gasteiger partial charge in [0, 0.05) is 42.2 Å². The van der Waals surface area contributed by atoms with Gasteiger partial charge >= 0.3 is 0 Å². The molecule has 10 nitrogen and oxygen atoms in total. The molecule has 5 rings (SSSR count). The van der Waals surface area contributed by atoms with Gasteiger partial charge in [-0.25, -0.2) is 14.4 Å². The van der Waals surface area contributed by atoms with Crippen molar-refractivity contribution in [2.75, 3.05) is 18.5 Å². The highest BCUT2D eigenvalue weighted by Gasteiger charge is 2.28. The van der Waals surface area contributed by atoms with Crippen molar-refractivity contribution in [3.8, 4) is 17.1 Å². The molecule has 3 N–H and O–H groups in total. The molecule has 1 fully saturated rings. The first-order valence-electron chi connectivity index (χ1n) is 12.7. The Kier molecular flexibility index (Phi) is 7.33. The lowest BCUT2D eigenvalue weighted by Gasteiger charge is -2.29.